The lowest BCUT2D eigenvalue weighted by Gasteiger charge is -2.45. The average Bonchev–Trinajstić information content (AvgIpc) is 3.36. The van der Waals surface area contributed by atoms with Crippen molar-refractivity contribution in [1.82, 2.24) is 0 Å². The number of hydrogen-bond acceptors (Lipinski definition) is 2. The Balaban J connectivity index is 1.13. The second-order valence-corrected chi connectivity index (χ2v) is 26.8. The molecule has 0 spiro atoms. The van der Waals surface area contributed by atoms with Gasteiger partial charge in [-0.25, -0.2) is 0 Å². The highest BCUT2D eigenvalue weighted by molar-refractivity contribution is 7.00. The molecule has 0 N–H and O–H groups in total. The van der Waals surface area contributed by atoms with Crippen LogP contribution in [0.15, 0.2) is 206 Å². The van der Waals surface area contributed by atoms with Crippen molar-refractivity contribution in [2.24, 2.45) is 0 Å². The van der Waals surface area contributed by atoms with E-state index >= 15 is 0 Å². The van der Waals surface area contributed by atoms with Crippen molar-refractivity contribution in [3.63, 3.8) is 0 Å². The molecule has 11 rings (SSSR count). The predicted molar refractivity (Wildman–Crippen MR) is 337 cm³/mol. The fourth-order valence-corrected chi connectivity index (χ4v) is 12.7. The topological polar surface area (TPSA) is 6.48 Å². The van der Waals surface area contributed by atoms with Crippen LogP contribution in [-0.4, -0.2) is 6.71 Å². The summed E-state index contributed by atoms with van der Waals surface area (Å²) in [6.45, 7) is 35.0. The lowest BCUT2D eigenvalue weighted by Crippen LogP contribution is -2.61. The SMILES string of the molecule is Cc1cc2c3c(c1)N(c1ccc(C(C)(C)c4ccc(C(C)(C)C)cc4)cc1)c1ccc(C(C)(C)c4ccc(C(C)(C)C)cc4)cc1B3c1cc(C(C)(C)c3ccccc3)ccc1N2c1ccc(C(C)(C)c2ccccc2)cc1. The highest BCUT2D eigenvalue weighted by Crippen LogP contribution is 2.48. The highest BCUT2D eigenvalue weighted by Gasteiger charge is 2.45. The molecule has 392 valence electrons. The summed E-state index contributed by atoms with van der Waals surface area (Å²) in [6, 6.07) is 79.3. The summed E-state index contributed by atoms with van der Waals surface area (Å²) in [5.41, 5.74) is 24.8. The average molecular weight is 1020 g/mol. The van der Waals surface area contributed by atoms with Crippen LogP contribution in [0.1, 0.15) is 158 Å². The molecule has 9 aromatic carbocycles. The molecule has 0 atom stereocenters. The van der Waals surface area contributed by atoms with Crippen LogP contribution in [0.2, 0.25) is 0 Å². The second kappa shape index (κ2) is 18.9. The monoisotopic (exact) mass is 1020 g/mol. The standard InChI is InChI=1S/C75H79BN2/c1-50-46-67-69-68(47-50)78(62-42-36-58(37-43-62)73(10,11)55-30-26-51(27-31-55)70(2,3)4)66-45-39-60(75(14,15)56-32-28-52(29-33-56)71(5,6)7)49-64(66)76(69)63-48-59(74(12,13)54-24-20-17-21-25-54)38-44-65(63)77(67)61-40-34-57(35-41-61)72(8,9)53-22-18-16-19-23-53/h16-49H,1-15H3. The van der Waals surface area contributed by atoms with Crippen LogP contribution in [-0.2, 0) is 32.5 Å². The van der Waals surface area contributed by atoms with Crippen LogP contribution in [0, 0.1) is 6.92 Å². The van der Waals surface area contributed by atoms with Crippen LogP contribution in [0.5, 0.6) is 0 Å². The Kier molecular flexibility index (Phi) is 12.8. The van der Waals surface area contributed by atoms with Gasteiger partial charge in [0.25, 0.3) is 6.71 Å². The lowest BCUT2D eigenvalue weighted by atomic mass is 9.33. The van der Waals surface area contributed by atoms with Crippen molar-refractivity contribution >= 4 is 57.2 Å². The summed E-state index contributed by atoms with van der Waals surface area (Å²) >= 11 is 0. The molecule has 0 amide bonds. The largest absolute Gasteiger partial charge is 0.311 e. The maximum Gasteiger partial charge on any atom is 0.252 e. The van der Waals surface area contributed by atoms with E-state index in [0.29, 0.717) is 0 Å². The minimum atomic E-state index is -0.277. The van der Waals surface area contributed by atoms with Gasteiger partial charge in [-0.3, -0.25) is 0 Å². The molecule has 0 saturated carbocycles. The molecular weight excluding hydrogens is 940 g/mol. The van der Waals surface area contributed by atoms with E-state index in [1.54, 1.807) is 0 Å². The Bertz CT molecular complexity index is 3660. The lowest BCUT2D eigenvalue weighted by molar-refractivity contribution is 0.587. The number of hydrogen-bond donors (Lipinski definition) is 0. The van der Waals surface area contributed by atoms with Gasteiger partial charge in [-0.15, -0.1) is 0 Å². The van der Waals surface area contributed by atoms with Crippen LogP contribution >= 0.6 is 0 Å². The van der Waals surface area contributed by atoms with Gasteiger partial charge < -0.3 is 9.80 Å². The third kappa shape index (κ3) is 9.02. The first kappa shape index (κ1) is 52.7. The molecule has 3 heteroatoms. The molecule has 2 aliphatic heterocycles. The Labute approximate surface area is 468 Å². The van der Waals surface area contributed by atoms with Gasteiger partial charge in [0.1, 0.15) is 0 Å². The van der Waals surface area contributed by atoms with E-state index in [4.69, 9.17) is 0 Å². The third-order valence-electron chi connectivity index (χ3n) is 18.3. The van der Waals surface area contributed by atoms with Gasteiger partial charge in [0.15, 0.2) is 0 Å². The van der Waals surface area contributed by atoms with Gasteiger partial charge in [-0.2, -0.15) is 0 Å². The van der Waals surface area contributed by atoms with E-state index in [1.807, 2.05) is 0 Å². The fourth-order valence-electron chi connectivity index (χ4n) is 12.7. The summed E-state index contributed by atoms with van der Waals surface area (Å²) in [7, 11) is 0. The molecule has 2 aliphatic rings. The first-order chi connectivity index (χ1) is 36.9. The summed E-state index contributed by atoms with van der Waals surface area (Å²) < 4.78 is 0. The number of rotatable bonds is 10. The normalized spacial score (nSPS) is 13.8. The van der Waals surface area contributed by atoms with Crippen molar-refractivity contribution in [3.05, 3.63) is 267 Å². The van der Waals surface area contributed by atoms with Crippen LogP contribution < -0.4 is 26.2 Å². The minimum Gasteiger partial charge on any atom is -0.311 e. The molecule has 0 radical (unpaired) electrons. The Morgan fingerprint density at radius 1 is 0.269 bits per heavy atom. The van der Waals surface area contributed by atoms with Gasteiger partial charge in [-0.1, -0.05) is 255 Å². The summed E-state index contributed by atoms with van der Waals surface area (Å²) in [4.78, 5) is 5.15. The van der Waals surface area contributed by atoms with E-state index in [0.717, 1.165) is 11.4 Å². The quantitative estimate of drug-likeness (QED) is 0.126. The van der Waals surface area contributed by atoms with Crippen molar-refractivity contribution in [1.29, 1.82) is 0 Å². The van der Waals surface area contributed by atoms with Crippen LogP contribution in [0.3, 0.4) is 0 Å². The molecule has 0 saturated heterocycles. The molecule has 0 bridgehead atoms. The van der Waals surface area contributed by atoms with Gasteiger partial charge in [0.05, 0.1) is 0 Å². The molecule has 78 heavy (non-hydrogen) atoms. The van der Waals surface area contributed by atoms with E-state index in [1.165, 1.54) is 100 Å². The van der Waals surface area contributed by atoms with E-state index in [-0.39, 0.29) is 39.2 Å². The molecule has 0 aliphatic carbocycles. The zero-order valence-electron chi connectivity index (χ0n) is 49.1. The first-order valence-corrected chi connectivity index (χ1v) is 28.4. The summed E-state index contributed by atoms with van der Waals surface area (Å²) in [6.07, 6.45) is 0. The van der Waals surface area contributed by atoms with Gasteiger partial charge in [0.2, 0.25) is 0 Å². The number of anilines is 6. The number of benzene rings is 9. The minimum absolute atomic E-state index is 0.0517. The van der Waals surface area contributed by atoms with E-state index < -0.39 is 0 Å². The Morgan fingerprint density at radius 2 is 0.538 bits per heavy atom. The van der Waals surface area contributed by atoms with Crippen LogP contribution in [0.25, 0.3) is 0 Å². The zero-order chi connectivity index (χ0) is 55.3. The van der Waals surface area contributed by atoms with Crippen molar-refractivity contribution in [3.8, 4) is 0 Å². The number of fused-ring (bicyclic) bond motifs is 4. The zero-order valence-corrected chi connectivity index (χ0v) is 49.1. The van der Waals surface area contributed by atoms with Crippen molar-refractivity contribution in [2.75, 3.05) is 9.80 Å². The predicted octanol–water partition coefficient (Wildman–Crippen LogP) is 18.0. The van der Waals surface area contributed by atoms with Gasteiger partial charge in [-0.05, 0) is 144 Å². The van der Waals surface area contributed by atoms with Crippen LogP contribution in [0.4, 0.5) is 34.1 Å². The highest BCUT2D eigenvalue weighted by atomic mass is 15.2. The molecule has 9 aromatic rings. The third-order valence-corrected chi connectivity index (χ3v) is 18.3. The maximum absolute atomic E-state index is 2.58. The summed E-state index contributed by atoms with van der Waals surface area (Å²) in [5.74, 6) is 0. The fraction of sp³-hybridized carbons (Fsp3) is 0.280. The van der Waals surface area contributed by atoms with Crippen molar-refractivity contribution in [2.45, 2.75) is 136 Å². The van der Waals surface area contributed by atoms with E-state index in [9.17, 15) is 0 Å². The number of aryl methyl sites for hydroxylation is 1. The summed E-state index contributed by atoms with van der Waals surface area (Å²) in [5, 5.41) is 0. The second-order valence-electron chi connectivity index (χ2n) is 26.8. The molecule has 2 heterocycles. The molecule has 2 nitrogen and oxygen atoms in total. The molecule has 0 unspecified atom stereocenters. The Hall–Kier alpha value is -7.36. The maximum atomic E-state index is 2.58. The molecule has 0 fully saturated rings. The van der Waals surface area contributed by atoms with Crippen molar-refractivity contribution < 1.29 is 0 Å². The van der Waals surface area contributed by atoms with Gasteiger partial charge >= 0.3 is 0 Å². The molecular formula is C75H79BN2. The Morgan fingerprint density at radius 3 is 0.859 bits per heavy atom. The van der Waals surface area contributed by atoms with Gasteiger partial charge in [0, 0.05) is 55.8 Å². The number of nitrogens with zero attached hydrogens (tertiary/aromatic N) is 2. The first-order valence-electron chi connectivity index (χ1n) is 28.4. The van der Waals surface area contributed by atoms with E-state index in [2.05, 4.69) is 320 Å². The molecule has 0 aromatic heterocycles. The smallest absolute Gasteiger partial charge is 0.252 e.